The van der Waals surface area contributed by atoms with Crippen LogP contribution in [0.4, 0.5) is 4.79 Å². The number of urea groups is 1. The van der Waals surface area contributed by atoms with Crippen molar-refractivity contribution in [1.29, 1.82) is 0 Å². The average Bonchev–Trinajstić information content (AvgIpc) is 2.89. The Morgan fingerprint density at radius 3 is 2.50 bits per heavy atom. The second kappa shape index (κ2) is 8.73. The van der Waals surface area contributed by atoms with Gasteiger partial charge in [-0.1, -0.05) is 30.3 Å². The summed E-state index contributed by atoms with van der Waals surface area (Å²) in [5, 5.41) is 2.08. The maximum Gasteiger partial charge on any atom is 0.318 e. The van der Waals surface area contributed by atoms with Crippen LogP contribution in [0, 0.1) is 5.92 Å². The van der Waals surface area contributed by atoms with Gasteiger partial charge in [0, 0.05) is 32.0 Å². The van der Waals surface area contributed by atoms with Crippen molar-refractivity contribution >= 4 is 24.3 Å². The van der Waals surface area contributed by atoms with Crippen molar-refractivity contribution in [3.63, 3.8) is 0 Å². The number of carbonyl (C=O) groups is 2. The van der Waals surface area contributed by atoms with E-state index < -0.39 is 6.03 Å². The lowest BCUT2D eigenvalue weighted by molar-refractivity contribution is -0.120. The zero-order chi connectivity index (χ0) is 15.2. The molecule has 0 aromatic heterocycles. The standard InChI is InChI=1S/C15H22N4O2.ClH/c16-8-12-9-19(7-6-14(20)18-15(17)21)10-13(12)11-4-2-1-3-5-11;/h1-5,12-13H,6-10,16H2,(H3,17,18,20,21);1H/t12-,13+;/m1./s1. The molecule has 0 saturated carbocycles. The fourth-order valence-electron chi connectivity index (χ4n) is 2.92. The van der Waals surface area contributed by atoms with Crippen LogP contribution in [0.25, 0.3) is 0 Å². The highest BCUT2D eigenvalue weighted by Gasteiger charge is 2.32. The molecule has 2 atom stereocenters. The van der Waals surface area contributed by atoms with Gasteiger partial charge in [0.25, 0.3) is 0 Å². The quantitative estimate of drug-likeness (QED) is 0.740. The van der Waals surface area contributed by atoms with E-state index in [1.807, 2.05) is 18.2 Å². The number of hydrogen-bond acceptors (Lipinski definition) is 4. The molecular weight excluding hydrogens is 304 g/mol. The summed E-state index contributed by atoms with van der Waals surface area (Å²) in [6.07, 6.45) is 0.266. The van der Waals surface area contributed by atoms with Gasteiger partial charge < -0.3 is 16.4 Å². The number of likely N-dealkylation sites (tertiary alicyclic amines) is 1. The highest BCUT2D eigenvalue weighted by Crippen LogP contribution is 2.31. The molecule has 0 aliphatic carbocycles. The van der Waals surface area contributed by atoms with Crippen LogP contribution in [0.2, 0.25) is 0 Å². The minimum Gasteiger partial charge on any atom is -0.351 e. The highest BCUT2D eigenvalue weighted by molar-refractivity contribution is 5.93. The Labute approximate surface area is 136 Å². The second-order valence-corrected chi connectivity index (χ2v) is 5.43. The van der Waals surface area contributed by atoms with Crippen molar-refractivity contribution in [2.24, 2.45) is 17.4 Å². The second-order valence-electron chi connectivity index (χ2n) is 5.43. The van der Waals surface area contributed by atoms with E-state index >= 15 is 0 Å². The molecule has 1 heterocycles. The van der Waals surface area contributed by atoms with Crippen LogP contribution in [-0.4, -0.2) is 43.0 Å². The Hall–Kier alpha value is -1.63. The number of benzene rings is 1. The Kier molecular flexibility index (Phi) is 7.31. The van der Waals surface area contributed by atoms with Crippen molar-refractivity contribution in [3.05, 3.63) is 35.9 Å². The van der Waals surface area contributed by atoms with Crippen molar-refractivity contribution < 1.29 is 9.59 Å². The van der Waals surface area contributed by atoms with E-state index in [-0.39, 0.29) is 24.7 Å². The van der Waals surface area contributed by atoms with Crippen molar-refractivity contribution in [2.75, 3.05) is 26.2 Å². The number of carbonyl (C=O) groups excluding carboxylic acids is 2. The fourth-order valence-corrected chi connectivity index (χ4v) is 2.92. The van der Waals surface area contributed by atoms with Crippen LogP contribution in [0.1, 0.15) is 17.9 Å². The number of halogens is 1. The van der Waals surface area contributed by atoms with Crippen LogP contribution in [-0.2, 0) is 4.79 Å². The molecule has 3 amide bonds. The van der Waals surface area contributed by atoms with Gasteiger partial charge in [-0.2, -0.15) is 0 Å². The number of nitrogens with one attached hydrogen (secondary N) is 1. The van der Waals surface area contributed by atoms with Crippen LogP contribution < -0.4 is 16.8 Å². The predicted octanol–water partition coefficient (Wildman–Crippen LogP) is 0.668. The Balaban J connectivity index is 0.00000242. The van der Waals surface area contributed by atoms with Gasteiger partial charge in [0.2, 0.25) is 5.91 Å². The summed E-state index contributed by atoms with van der Waals surface area (Å²) in [6, 6.07) is 9.51. The smallest absolute Gasteiger partial charge is 0.318 e. The lowest BCUT2D eigenvalue weighted by Gasteiger charge is -2.16. The number of primary amides is 1. The average molecular weight is 327 g/mol. The zero-order valence-corrected chi connectivity index (χ0v) is 13.2. The fraction of sp³-hybridized carbons (Fsp3) is 0.467. The molecule has 22 heavy (non-hydrogen) atoms. The van der Waals surface area contributed by atoms with E-state index in [9.17, 15) is 9.59 Å². The third-order valence-electron chi connectivity index (χ3n) is 3.96. The van der Waals surface area contributed by atoms with Gasteiger partial charge >= 0.3 is 6.03 Å². The molecule has 0 unspecified atom stereocenters. The van der Waals surface area contributed by atoms with Crippen molar-refractivity contribution in [1.82, 2.24) is 10.2 Å². The summed E-state index contributed by atoms with van der Waals surface area (Å²) in [5.41, 5.74) is 12.1. The van der Waals surface area contributed by atoms with Gasteiger partial charge in [-0.15, -0.1) is 12.4 Å². The maximum atomic E-state index is 11.4. The van der Waals surface area contributed by atoms with Gasteiger partial charge in [-0.3, -0.25) is 10.1 Å². The van der Waals surface area contributed by atoms with E-state index in [4.69, 9.17) is 11.5 Å². The summed E-state index contributed by atoms with van der Waals surface area (Å²) in [5.74, 6) is 0.456. The SMILES string of the molecule is Cl.NC[C@@H]1CN(CCC(=O)NC(N)=O)C[C@H]1c1ccccc1. The normalized spacial score (nSPS) is 21.1. The molecule has 1 aliphatic rings. The molecule has 0 spiro atoms. The summed E-state index contributed by atoms with van der Waals surface area (Å²) < 4.78 is 0. The van der Waals surface area contributed by atoms with Crippen LogP contribution in [0.5, 0.6) is 0 Å². The number of amides is 3. The van der Waals surface area contributed by atoms with E-state index in [2.05, 4.69) is 22.3 Å². The van der Waals surface area contributed by atoms with E-state index in [1.165, 1.54) is 5.56 Å². The summed E-state index contributed by atoms with van der Waals surface area (Å²) >= 11 is 0. The molecule has 1 aromatic rings. The van der Waals surface area contributed by atoms with Gasteiger partial charge in [0.15, 0.2) is 0 Å². The Morgan fingerprint density at radius 1 is 1.23 bits per heavy atom. The molecule has 0 bridgehead atoms. The summed E-state index contributed by atoms with van der Waals surface area (Å²) in [6.45, 7) is 3.00. The molecule has 0 radical (unpaired) electrons. The number of hydrogen-bond donors (Lipinski definition) is 3. The summed E-state index contributed by atoms with van der Waals surface area (Å²) in [4.78, 5) is 24.3. The van der Waals surface area contributed by atoms with E-state index in [0.717, 1.165) is 13.1 Å². The van der Waals surface area contributed by atoms with Crippen LogP contribution in [0.15, 0.2) is 30.3 Å². The first kappa shape index (κ1) is 18.4. The van der Waals surface area contributed by atoms with Gasteiger partial charge in [0.1, 0.15) is 0 Å². The zero-order valence-electron chi connectivity index (χ0n) is 12.4. The molecule has 5 N–H and O–H groups in total. The molecule has 1 aromatic carbocycles. The number of nitrogens with zero attached hydrogens (tertiary/aromatic N) is 1. The first-order valence-electron chi connectivity index (χ1n) is 7.16. The van der Waals surface area contributed by atoms with E-state index in [1.54, 1.807) is 0 Å². The lowest BCUT2D eigenvalue weighted by Crippen LogP contribution is -2.37. The number of imide groups is 1. The molecular formula is C15H23ClN4O2. The highest BCUT2D eigenvalue weighted by atomic mass is 35.5. The molecule has 7 heteroatoms. The largest absolute Gasteiger partial charge is 0.351 e. The van der Waals surface area contributed by atoms with Crippen molar-refractivity contribution in [3.8, 4) is 0 Å². The molecule has 6 nitrogen and oxygen atoms in total. The molecule has 1 aliphatic heterocycles. The first-order valence-corrected chi connectivity index (χ1v) is 7.16. The lowest BCUT2D eigenvalue weighted by atomic mass is 9.89. The number of rotatable bonds is 5. The van der Waals surface area contributed by atoms with Gasteiger partial charge in [0.05, 0.1) is 0 Å². The molecule has 1 fully saturated rings. The summed E-state index contributed by atoms with van der Waals surface area (Å²) in [7, 11) is 0. The van der Waals surface area contributed by atoms with Crippen molar-refractivity contribution in [2.45, 2.75) is 12.3 Å². The van der Waals surface area contributed by atoms with Gasteiger partial charge in [-0.25, -0.2) is 4.79 Å². The minimum absolute atomic E-state index is 0. The van der Waals surface area contributed by atoms with Crippen LogP contribution in [0.3, 0.4) is 0 Å². The number of nitrogens with two attached hydrogens (primary N) is 2. The maximum absolute atomic E-state index is 11.4. The van der Waals surface area contributed by atoms with Gasteiger partial charge in [-0.05, 0) is 18.0 Å². The van der Waals surface area contributed by atoms with E-state index in [0.29, 0.717) is 24.9 Å². The third kappa shape index (κ3) is 4.98. The topological polar surface area (TPSA) is 101 Å². The predicted molar refractivity (Wildman–Crippen MR) is 87.8 cm³/mol. The van der Waals surface area contributed by atoms with Crippen LogP contribution >= 0.6 is 12.4 Å². The molecule has 2 rings (SSSR count). The minimum atomic E-state index is -0.802. The Bertz CT molecular complexity index is 498. The molecule has 1 saturated heterocycles. The Morgan fingerprint density at radius 2 is 1.91 bits per heavy atom. The molecule has 122 valence electrons. The first-order chi connectivity index (χ1) is 10.1. The monoisotopic (exact) mass is 326 g/mol. The third-order valence-corrected chi connectivity index (χ3v) is 3.96.